The van der Waals surface area contributed by atoms with E-state index >= 15 is 0 Å². The summed E-state index contributed by atoms with van der Waals surface area (Å²) in [4.78, 5) is 10.6. The Balaban J connectivity index is 1.90. The summed E-state index contributed by atoms with van der Waals surface area (Å²) in [5.74, 6) is 0.613. The molecule has 0 aromatic heterocycles. The maximum Gasteiger partial charge on any atom is 0.322 e. The first-order chi connectivity index (χ1) is 11.6. The number of methoxy groups -OCH3 is 2. The highest BCUT2D eigenvalue weighted by Crippen LogP contribution is 2.28. The summed E-state index contributed by atoms with van der Waals surface area (Å²) >= 11 is 0. The molecule has 0 atom stereocenters. The number of ether oxygens (including phenoxy) is 2. The summed E-state index contributed by atoms with van der Waals surface area (Å²) in [6.45, 7) is -0.0743. The van der Waals surface area contributed by atoms with E-state index in [1.54, 1.807) is 14.2 Å². The van der Waals surface area contributed by atoms with Crippen molar-refractivity contribution in [3.05, 3.63) is 53.6 Å². The summed E-state index contributed by atoms with van der Waals surface area (Å²) in [6.07, 6.45) is 2.86. The molecule has 0 saturated heterocycles. The summed E-state index contributed by atoms with van der Waals surface area (Å²) in [6, 6.07) is 13.8. The van der Waals surface area contributed by atoms with Gasteiger partial charge >= 0.3 is 5.97 Å². The van der Waals surface area contributed by atoms with Crippen LogP contribution in [0, 0.1) is 0 Å². The van der Waals surface area contributed by atoms with Gasteiger partial charge in [-0.2, -0.15) is 0 Å². The second kappa shape index (κ2) is 8.82. The van der Waals surface area contributed by atoms with Gasteiger partial charge in [-0.05, 0) is 54.7 Å². The molecule has 0 spiro atoms. The van der Waals surface area contributed by atoms with Crippen LogP contribution >= 0.6 is 0 Å². The van der Waals surface area contributed by atoms with E-state index in [4.69, 9.17) is 14.6 Å². The monoisotopic (exact) mass is 329 g/mol. The Bertz CT molecular complexity index is 685. The largest absolute Gasteiger partial charge is 0.493 e. The highest BCUT2D eigenvalue weighted by Gasteiger charge is 2.05. The minimum Gasteiger partial charge on any atom is -0.493 e. The van der Waals surface area contributed by atoms with Gasteiger partial charge in [-0.3, -0.25) is 4.79 Å². The van der Waals surface area contributed by atoms with Gasteiger partial charge in [-0.25, -0.2) is 0 Å². The minimum absolute atomic E-state index is 0.0743. The van der Waals surface area contributed by atoms with Crippen LogP contribution in [0.25, 0.3) is 0 Å². The lowest BCUT2D eigenvalue weighted by atomic mass is 10.0. The topological polar surface area (TPSA) is 67.8 Å². The van der Waals surface area contributed by atoms with E-state index in [-0.39, 0.29) is 6.54 Å². The van der Waals surface area contributed by atoms with Crippen molar-refractivity contribution in [3.63, 3.8) is 0 Å². The van der Waals surface area contributed by atoms with Gasteiger partial charge in [0.15, 0.2) is 11.5 Å². The number of carbonyl (C=O) groups is 1. The average molecular weight is 329 g/mol. The first kappa shape index (κ1) is 17.7. The smallest absolute Gasteiger partial charge is 0.322 e. The molecule has 0 amide bonds. The summed E-state index contributed by atoms with van der Waals surface area (Å²) in [7, 11) is 3.26. The van der Waals surface area contributed by atoms with Gasteiger partial charge in [0.25, 0.3) is 0 Å². The van der Waals surface area contributed by atoms with E-state index in [9.17, 15) is 4.79 Å². The number of carboxylic acids is 1. The van der Waals surface area contributed by atoms with Crippen molar-refractivity contribution < 1.29 is 19.4 Å². The zero-order valence-corrected chi connectivity index (χ0v) is 14.0. The molecule has 0 radical (unpaired) electrons. The molecule has 0 fully saturated rings. The molecule has 0 heterocycles. The van der Waals surface area contributed by atoms with Crippen LogP contribution < -0.4 is 14.8 Å². The maximum atomic E-state index is 10.6. The Labute approximate surface area is 142 Å². The van der Waals surface area contributed by atoms with Gasteiger partial charge < -0.3 is 19.9 Å². The van der Waals surface area contributed by atoms with Gasteiger partial charge in [0, 0.05) is 5.69 Å². The Kier molecular flexibility index (Phi) is 6.49. The molecule has 0 aliphatic heterocycles. The SMILES string of the molecule is COc1ccc(CCCc2cccc(NCC(=O)O)c2)cc1OC. The van der Waals surface area contributed by atoms with E-state index < -0.39 is 5.97 Å². The van der Waals surface area contributed by atoms with Crippen LogP contribution in [0.15, 0.2) is 42.5 Å². The van der Waals surface area contributed by atoms with Crippen LogP contribution in [0.2, 0.25) is 0 Å². The van der Waals surface area contributed by atoms with Crippen molar-refractivity contribution in [2.24, 2.45) is 0 Å². The fourth-order valence-electron chi connectivity index (χ4n) is 2.55. The third-order valence-corrected chi connectivity index (χ3v) is 3.75. The number of hydrogen-bond donors (Lipinski definition) is 2. The van der Waals surface area contributed by atoms with Crippen molar-refractivity contribution in [2.45, 2.75) is 19.3 Å². The average Bonchev–Trinajstić information content (AvgIpc) is 2.60. The number of aliphatic carboxylic acids is 1. The molecular weight excluding hydrogens is 306 g/mol. The molecule has 0 unspecified atom stereocenters. The fraction of sp³-hybridized carbons (Fsp3) is 0.316. The number of nitrogens with one attached hydrogen (secondary N) is 1. The lowest BCUT2D eigenvalue weighted by Gasteiger charge is -2.10. The van der Waals surface area contributed by atoms with Crippen molar-refractivity contribution in [3.8, 4) is 11.5 Å². The first-order valence-corrected chi connectivity index (χ1v) is 7.88. The molecule has 128 valence electrons. The standard InChI is InChI=1S/C19H23NO4/c1-23-17-10-9-15(12-18(17)24-2)6-3-5-14-7-4-8-16(11-14)20-13-19(21)22/h4,7-12,20H,3,5-6,13H2,1-2H3,(H,21,22). The zero-order chi connectivity index (χ0) is 17.4. The van der Waals surface area contributed by atoms with Crippen LogP contribution in [-0.4, -0.2) is 31.8 Å². The van der Waals surface area contributed by atoms with E-state index in [1.807, 2.05) is 36.4 Å². The lowest BCUT2D eigenvalue weighted by molar-refractivity contribution is -0.134. The van der Waals surface area contributed by atoms with E-state index in [0.29, 0.717) is 0 Å². The molecule has 2 N–H and O–H groups in total. The number of carboxylic acid groups (broad SMARTS) is 1. The Morgan fingerprint density at radius 3 is 2.38 bits per heavy atom. The number of hydrogen-bond acceptors (Lipinski definition) is 4. The molecule has 0 bridgehead atoms. The molecular formula is C19H23NO4. The van der Waals surface area contributed by atoms with Gasteiger partial charge in [0.05, 0.1) is 14.2 Å². The molecule has 2 rings (SSSR count). The van der Waals surface area contributed by atoms with Gasteiger partial charge in [-0.15, -0.1) is 0 Å². The predicted molar refractivity (Wildman–Crippen MR) is 94.1 cm³/mol. The van der Waals surface area contributed by atoms with E-state index in [2.05, 4.69) is 11.4 Å². The van der Waals surface area contributed by atoms with Crippen molar-refractivity contribution in [1.29, 1.82) is 0 Å². The Hall–Kier alpha value is -2.69. The summed E-state index contributed by atoms with van der Waals surface area (Å²) in [5, 5.41) is 11.6. The molecule has 0 aliphatic rings. The van der Waals surface area contributed by atoms with Crippen LogP contribution in [0.3, 0.4) is 0 Å². The lowest BCUT2D eigenvalue weighted by Crippen LogP contribution is -2.12. The fourth-order valence-corrected chi connectivity index (χ4v) is 2.55. The summed E-state index contributed by atoms with van der Waals surface area (Å²) < 4.78 is 10.6. The molecule has 2 aromatic carbocycles. The van der Waals surface area contributed by atoms with Crippen LogP contribution in [0.4, 0.5) is 5.69 Å². The number of rotatable bonds is 9. The molecule has 0 aliphatic carbocycles. The second-order valence-electron chi connectivity index (χ2n) is 5.49. The van der Waals surface area contributed by atoms with Gasteiger partial charge in [0.1, 0.15) is 6.54 Å². The number of anilines is 1. The minimum atomic E-state index is -0.867. The molecule has 5 heteroatoms. The zero-order valence-electron chi connectivity index (χ0n) is 14.0. The molecule has 24 heavy (non-hydrogen) atoms. The molecule has 5 nitrogen and oxygen atoms in total. The molecule has 2 aromatic rings. The van der Waals surface area contributed by atoms with Crippen LogP contribution in [0.1, 0.15) is 17.5 Å². The Morgan fingerprint density at radius 1 is 1.00 bits per heavy atom. The molecule has 0 saturated carbocycles. The number of aryl methyl sites for hydroxylation is 2. The van der Waals surface area contributed by atoms with Gasteiger partial charge in [-0.1, -0.05) is 18.2 Å². The third-order valence-electron chi connectivity index (χ3n) is 3.75. The quantitative estimate of drug-likeness (QED) is 0.738. The third kappa shape index (κ3) is 5.19. The van der Waals surface area contributed by atoms with Crippen LogP contribution in [0.5, 0.6) is 11.5 Å². The van der Waals surface area contributed by atoms with Crippen LogP contribution in [-0.2, 0) is 17.6 Å². The first-order valence-electron chi connectivity index (χ1n) is 7.88. The normalized spacial score (nSPS) is 10.2. The Morgan fingerprint density at radius 2 is 1.71 bits per heavy atom. The number of benzene rings is 2. The summed E-state index contributed by atoms with van der Waals surface area (Å²) in [5.41, 5.74) is 3.22. The van der Waals surface area contributed by atoms with E-state index in [1.165, 1.54) is 11.1 Å². The highest BCUT2D eigenvalue weighted by molar-refractivity contribution is 5.72. The van der Waals surface area contributed by atoms with Crippen molar-refractivity contribution in [1.82, 2.24) is 0 Å². The second-order valence-corrected chi connectivity index (χ2v) is 5.49. The maximum absolute atomic E-state index is 10.6. The van der Waals surface area contributed by atoms with Crippen molar-refractivity contribution in [2.75, 3.05) is 26.1 Å². The van der Waals surface area contributed by atoms with Crippen molar-refractivity contribution >= 4 is 11.7 Å². The van der Waals surface area contributed by atoms with Gasteiger partial charge in [0.2, 0.25) is 0 Å². The van der Waals surface area contributed by atoms with E-state index in [0.717, 1.165) is 36.4 Å². The highest BCUT2D eigenvalue weighted by atomic mass is 16.5. The predicted octanol–water partition coefficient (Wildman–Crippen LogP) is 3.38.